The van der Waals surface area contributed by atoms with Gasteiger partial charge in [0, 0.05) is 5.56 Å². The topological polar surface area (TPSA) is 54.2 Å². The Bertz CT molecular complexity index is 1060. The number of carbonyl (C=O) groups excluding carboxylic acids is 1. The van der Waals surface area contributed by atoms with Gasteiger partial charge in [-0.3, -0.25) is 4.79 Å². The molecule has 27 heavy (non-hydrogen) atoms. The van der Waals surface area contributed by atoms with E-state index in [2.05, 4.69) is 0 Å². The molecule has 1 heterocycles. The fourth-order valence-electron chi connectivity index (χ4n) is 3.35. The van der Waals surface area contributed by atoms with Gasteiger partial charge in [0.05, 0.1) is 10.9 Å². The predicted octanol–water partition coefficient (Wildman–Crippen LogP) is 3.99. The van der Waals surface area contributed by atoms with Crippen LogP contribution in [0.2, 0.25) is 0 Å². The van der Waals surface area contributed by atoms with Gasteiger partial charge in [0.25, 0.3) is 0 Å². The molecule has 0 saturated carbocycles. The first-order valence-electron chi connectivity index (χ1n) is 8.74. The van der Waals surface area contributed by atoms with Crippen molar-refractivity contribution in [3.05, 3.63) is 102 Å². The Morgan fingerprint density at radius 1 is 0.815 bits per heavy atom. The van der Waals surface area contributed by atoms with E-state index in [1.807, 2.05) is 43.3 Å². The number of rotatable bonds is 5. The lowest BCUT2D eigenvalue weighted by molar-refractivity contribution is 0.0981. The average molecular weight is 377 g/mol. The van der Waals surface area contributed by atoms with Crippen LogP contribution < -0.4 is 0 Å². The van der Waals surface area contributed by atoms with Crippen LogP contribution in [0.15, 0.2) is 89.8 Å². The second-order valence-electron chi connectivity index (χ2n) is 6.68. The third kappa shape index (κ3) is 3.20. The largest absolute Gasteiger partial charge is 0.292 e. The molecule has 1 unspecified atom stereocenters. The van der Waals surface area contributed by atoms with Gasteiger partial charge in [-0.2, -0.15) is 4.31 Å². The average Bonchev–Trinajstić information content (AvgIpc) is 3.46. The number of ketones is 1. The first kappa shape index (κ1) is 17.6. The number of nitrogens with zero attached hydrogens (tertiary/aromatic N) is 1. The molecule has 0 radical (unpaired) electrons. The number of hydrogen-bond acceptors (Lipinski definition) is 3. The third-order valence-electron chi connectivity index (χ3n) is 4.82. The highest BCUT2D eigenvalue weighted by molar-refractivity contribution is 7.89. The summed E-state index contributed by atoms with van der Waals surface area (Å²) in [5.41, 5.74) is 2.32. The van der Waals surface area contributed by atoms with Crippen molar-refractivity contribution in [2.24, 2.45) is 0 Å². The molecular formula is C22H19NO3S. The van der Waals surface area contributed by atoms with Gasteiger partial charge in [0.2, 0.25) is 10.0 Å². The van der Waals surface area contributed by atoms with E-state index < -0.39 is 22.1 Å². The molecule has 3 atom stereocenters. The van der Waals surface area contributed by atoms with Crippen LogP contribution in [0, 0.1) is 6.92 Å². The summed E-state index contributed by atoms with van der Waals surface area (Å²) in [7, 11) is -3.77. The third-order valence-corrected chi connectivity index (χ3v) is 6.70. The summed E-state index contributed by atoms with van der Waals surface area (Å²) < 4.78 is 27.7. The first-order valence-corrected chi connectivity index (χ1v) is 10.2. The molecule has 3 aromatic rings. The number of benzene rings is 3. The molecule has 5 heteroatoms. The van der Waals surface area contributed by atoms with Crippen LogP contribution in [-0.2, 0) is 10.0 Å². The van der Waals surface area contributed by atoms with Crippen LogP contribution in [-0.4, -0.2) is 24.5 Å². The zero-order chi connectivity index (χ0) is 19.0. The van der Waals surface area contributed by atoms with Gasteiger partial charge in [-0.25, -0.2) is 8.42 Å². The number of aryl methyl sites for hydroxylation is 1. The van der Waals surface area contributed by atoms with Crippen LogP contribution >= 0.6 is 0 Å². The molecule has 4 rings (SSSR count). The summed E-state index contributed by atoms with van der Waals surface area (Å²) in [6.45, 7) is 1.91. The summed E-state index contributed by atoms with van der Waals surface area (Å²) in [6.07, 6.45) is 0. The summed E-state index contributed by atoms with van der Waals surface area (Å²) in [6, 6.07) is 23.7. The summed E-state index contributed by atoms with van der Waals surface area (Å²) in [4.78, 5) is 13.2. The summed E-state index contributed by atoms with van der Waals surface area (Å²) in [5, 5.41) is 0. The smallest absolute Gasteiger partial charge is 0.244 e. The molecule has 3 aromatic carbocycles. The summed E-state index contributed by atoms with van der Waals surface area (Å²) in [5.74, 6) is -0.180. The summed E-state index contributed by atoms with van der Waals surface area (Å²) >= 11 is 0. The maximum Gasteiger partial charge on any atom is 0.244 e. The van der Waals surface area contributed by atoms with Gasteiger partial charge < -0.3 is 0 Å². The van der Waals surface area contributed by atoms with Gasteiger partial charge >= 0.3 is 0 Å². The molecule has 0 N–H and O–H groups in total. The van der Waals surface area contributed by atoms with Crippen LogP contribution in [0.1, 0.15) is 27.5 Å². The molecule has 1 fully saturated rings. The van der Waals surface area contributed by atoms with E-state index in [4.69, 9.17) is 0 Å². The van der Waals surface area contributed by atoms with Gasteiger partial charge in [0.1, 0.15) is 6.04 Å². The Morgan fingerprint density at radius 3 is 1.96 bits per heavy atom. The number of Topliss-reactive ketones (excluding diaryl/α,β-unsaturated/α-hetero) is 1. The molecule has 4 nitrogen and oxygen atoms in total. The van der Waals surface area contributed by atoms with Gasteiger partial charge in [0.15, 0.2) is 5.78 Å². The number of carbonyl (C=O) groups is 1. The number of hydrogen-bond donors (Lipinski definition) is 0. The molecule has 0 spiro atoms. The SMILES string of the molecule is Cc1ccc(S(=O)(=O)N2[C@H](c3ccccc3)[C@@H]2C(=O)c2ccccc2)cc1. The van der Waals surface area contributed by atoms with E-state index in [1.165, 1.54) is 4.31 Å². The molecule has 1 saturated heterocycles. The quantitative estimate of drug-likeness (QED) is 0.499. The minimum Gasteiger partial charge on any atom is -0.292 e. The van der Waals surface area contributed by atoms with Crippen molar-refractivity contribution < 1.29 is 13.2 Å². The van der Waals surface area contributed by atoms with Crippen LogP contribution in [0.3, 0.4) is 0 Å². The molecule has 0 bridgehead atoms. The fraction of sp³-hybridized carbons (Fsp3) is 0.136. The Morgan fingerprint density at radius 2 is 1.37 bits per heavy atom. The van der Waals surface area contributed by atoms with Crippen LogP contribution in [0.25, 0.3) is 0 Å². The second kappa shape index (κ2) is 6.76. The Hall–Kier alpha value is -2.76. The lowest BCUT2D eigenvalue weighted by Gasteiger charge is -2.07. The van der Waals surface area contributed by atoms with Crippen molar-refractivity contribution in [1.82, 2.24) is 4.31 Å². The maximum absolute atomic E-state index is 13.2. The Balaban J connectivity index is 1.75. The number of sulfonamides is 1. The van der Waals surface area contributed by atoms with Gasteiger partial charge in [-0.15, -0.1) is 0 Å². The maximum atomic E-state index is 13.2. The zero-order valence-corrected chi connectivity index (χ0v) is 15.6. The standard InChI is InChI=1S/C22H19NO3S/c1-16-12-14-19(15-13-16)27(25,26)23-20(17-8-4-2-5-9-17)21(23)22(24)18-10-6-3-7-11-18/h2-15,20-21H,1H3/t20-,21-,23?/m1/s1. The van der Waals surface area contributed by atoms with E-state index >= 15 is 0 Å². The lowest BCUT2D eigenvalue weighted by atomic mass is 10.0. The predicted molar refractivity (Wildman–Crippen MR) is 104 cm³/mol. The highest BCUT2D eigenvalue weighted by Crippen LogP contribution is 2.48. The van der Waals surface area contributed by atoms with Crippen molar-refractivity contribution in [3.8, 4) is 0 Å². The van der Waals surface area contributed by atoms with Gasteiger partial charge in [-0.1, -0.05) is 78.4 Å². The van der Waals surface area contributed by atoms with E-state index in [1.54, 1.807) is 48.5 Å². The van der Waals surface area contributed by atoms with Gasteiger partial charge in [-0.05, 0) is 24.6 Å². The Labute approximate surface area is 159 Å². The van der Waals surface area contributed by atoms with Crippen molar-refractivity contribution in [2.75, 3.05) is 0 Å². The molecule has 136 valence electrons. The van der Waals surface area contributed by atoms with Crippen molar-refractivity contribution in [3.63, 3.8) is 0 Å². The van der Waals surface area contributed by atoms with E-state index in [0.717, 1.165) is 11.1 Å². The fourth-order valence-corrected chi connectivity index (χ4v) is 5.07. The highest BCUT2D eigenvalue weighted by Gasteiger charge is 2.60. The van der Waals surface area contributed by atoms with E-state index in [0.29, 0.717) is 5.56 Å². The van der Waals surface area contributed by atoms with Crippen molar-refractivity contribution in [1.29, 1.82) is 0 Å². The molecule has 0 amide bonds. The lowest BCUT2D eigenvalue weighted by Crippen LogP contribution is -2.19. The Kier molecular flexibility index (Phi) is 4.42. The molecule has 0 aromatic heterocycles. The normalized spacial score (nSPS) is 21.6. The highest BCUT2D eigenvalue weighted by atomic mass is 32.2. The van der Waals surface area contributed by atoms with Crippen molar-refractivity contribution >= 4 is 15.8 Å². The molecule has 0 aliphatic carbocycles. The van der Waals surface area contributed by atoms with Crippen LogP contribution in [0.4, 0.5) is 0 Å². The monoisotopic (exact) mass is 377 g/mol. The van der Waals surface area contributed by atoms with E-state index in [9.17, 15) is 13.2 Å². The molecule has 1 aliphatic rings. The second-order valence-corrected chi connectivity index (χ2v) is 8.52. The minimum atomic E-state index is -3.77. The first-order chi connectivity index (χ1) is 13.0. The zero-order valence-electron chi connectivity index (χ0n) is 14.8. The minimum absolute atomic E-state index is 0.180. The molecular weight excluding hydrogens is 358 g/mol. The molecule has 1 aliphatic heterocycles. The van der Waals surface area contributed by atoms with Crippen LogP contribution in [0.5, 0.6) is 0 Å². The van der Waals surface area contributed by atoms with Crippen molar-refractivity contribution in [2.45, 2.75) is 23.9 Å². The van der Waals surface area contributed by atoms with E-state index in [-0.39, 0.29) is 10.7 Å².